The molecule has 0 radical (unpaired) electrons. The number of rotatable bonds is 6. The Bertz CT molecular complexity index is 526. The van der Waals surface area contributed by atoms with Gasteiger partial charge in [0.05, 0.1) is 10.5 Å². The maximum absolute atomic E-state index is 12.1. The fraction of sp³-hybridized carbons (Fsp3) is 0.500. The quantitative estimate of drug-likeness (QED) is 0.618. The normalized spacial score (nSPS) is 15.7. The number of nitrogens with zero attached hydrogens (tertiary/aromatic N) is 1. The summed E-state index contributed by atoms with van der Waals surface area (Å²) in [7, 11) is 0. The molecule has 2 N–H and O–H groups in total. The van der Waals surface area contributed by atoms with Gasteiger partial charge >= 0.3 is 5.69 Å². The molecule has 1 aromatic carbocycles. The maximum Gasteiger partial charge on any atom is 0.311 e. The SMILES string of the molecule is CCC(CC1CC1)NC(=O)c1cccc([N+](=O)[O-])c1O. The Hall–Kier alpha value is -2.11. The number of nitro groups is 1. The van der Waals surface area contributed by atoms with Crippen molar-refractivity contribution in [2.75, 3.05) is 0 Å². The van der Waals surface area contributed by atoms with Crippen molar-refractivity contribution in [2.24, 2.45) is 5.92 Å². The van der Waals surface area contributed by atoms with E-state index in [1.165, 1.54) is 31.0 Å². The van der Waals surface area contributed by atoms with E-state index in [4.69, 9.17) is 0 Å². The van der Waals surface area contributed by atoms with Crippen LogP contribution in [-0.4, -0.2) is 22.0 Å². The summed E-state index contributed by atoms with van der Waals surface area (Å²) < 4.78 is 0. The molecule has 0 heterocycles. The zero-order valence-electron chi connectivity index (χ0n) is 11.3. The number of nitro benzene ring substituents is 1. The molecule has 6 heteroatoms. The molecular formula is C14H18N2O4. The zero-order chi connectivity index (χ0) is 14.7. The van der Waals surface area contributed by atoms with Crippen molar-refractivity contribution in [2.45, 2.75) is 38.6 Å². The zero-order valence-corrected chi connectivity index (χ0v) is 11.3. The Morgan fingerprint density at radius 1 is 1.55 bits per heavy atom. The third-order valence-electron chi connectivity index (χ3n) is 3.60. The van der Waals surface area contributed by atoms with Crippen LogP contribution in [0.5, 0.6) is 5.75 Å². The largest absolute Gasteiger partial charge is 0.502 e. The van der Waals surface area contributed by atoms with E-state index in [9.17, 15) is 20.0 Å². The molecule has 0 bridgehead atoms. The molecule has 0 aliphatic heterocycles. The monoisotopic (exact) mass is 278 g/mol. The van der Waals surface area contributed by atoms with Crippen LogP contribution in [-0.2, 0) is 0 Å². The number of amides is 1. The number of aromatic hydroxyl groups is 1. The predicted octanol–water partition coefficient (Wildman–Crippen LogP) is 2.61. The Labute approximate surface area is 117 Å². The van der Waals surface area contributed by atoms with Gasteiger partial charge in [-0.1, -0.05) is 25.8 Å². The van der Waals surface area contributed by atoms with E-state index in [2.05, 4.69) is 5.32 Å². The minimum Gasteiger partial charge on any atom is -0.502 e. The van der Waals surface area contributed by atoms with Crippen molar-refractivity contribution in [3.63, 3.8) is 0 Å². The number of hydrogen-bond acceptors (Lipinski definition) is 4. The molecule has 0 aromatic heterocycles. The molecule has 1 saturated carbocycles. The summed E-state index contributed by atoms with van der Waals surface area (Å²) in [6, 6.07) is 4.01. The van der Waals surface area contributed by atoms with Crippen LogP contribution in [0.4, 0.5) is 5.69 Å². The third-order valence-corrected chi connectivity index (χ3v) is 3.60. The number of benzene rings is 1. The van der Waals surface area contributed by atoms with E-state index >= 15 is 0 Å². The average Bonchev–Trinajstić information content (AvgIpc) is 3.21. The lowest BCUT2D eigenvalue weighted by Crippen LogP contribution is -2.34. The van der Waals surface area contributed by atoms with Gasteiger partial charge in [-0.25, -0.2) is 0 Å². The number of phenols is 1. The van der Waals surface area contributed by atoms with Crippen LogP contribution in [0.25, 0.3) is 0 Å². The first kappa shape index (κ1) is 14.3. The first-order chi connectivity index (χ1) is 9.52. The van der Waals surface area contributed by atoms with Gasteiger partial charge in [0.1, 0.15) is 0 Å². The van der Waals surface area contributed by atoms with Crippen LogP contribution >= 0.6 is 0 Å². The van der Waals surface area contributed by atoms with Crippen LogP contribution in [0.15, 0.2) is 18.2 Å². The molecule has 1 aromatic rings. The van der Waals surface area contributed by atoms with Gasteiger partial charge in [-0.05, 0) is 24.8 Å². The van der Waals surface area contributed by atoms with Crippen LogP contribution in [0.2, 0.25) is 0 Å². The number of nitrogens with one attached hydrogen (secondary N) is 1. The van der Waals surface area contributed by atoms with Gasteiger partial charge in [0.15, 0.2) is 0 Å². The van der Waals surface area contributed by atoms with E-state index in [1.807, 2.05) is 6.92 Å². The molecule has 0 saturated heterocycles. The van der Waals surface area contributed by atoms with Gasteiger partial charge in [0.2, 0.25) is 5.75 Å². The van der Waals surface area contributed by atoms with E-state index in [0.717, 1.165) is 12.8 Å². The molecule has 1 aliphatic carbocycles. The number of carbonyl (C=O) groups excluding carboxylic acids is 1. The summed E-state index contributed by atoms with van der Waals surface area (Å²) in [5, 5.41) is 23.4. The lowest BCUT2D eigenvalue weighted by atomic mass is 10.1. The third kappa shape index (κ3) is 3.26. The van der Waals surface area contributed by atoms with Crippen LogP contribution in [0.1, 0.15) is 43.0 Å². The highest BCUT2D eigenvalue weighted by Gasteiger charge is 2.27. The average molecular weight is 278 g/mol. The van der Waals surface area contributed by atoms with Gasteiger partial charge in [0.25, 0.3) is 5.91 Å². The number of hydrogen-bond donors (Lipinski definition) is 2. The van der Waals surface area contributed by atoms with Gasteiger partial charge in [-0.2, -0.15) is 0 Å². The van der Waals surface area contributed by atoms with Crippen LogP contribution < -0.4 is 5.32 Å². The van der Waals surface area contributed by atoms with Crippen LogP contribution in [0, 0.1) is 16.0 Å². The van der Waals surface area contributed by atoms with Crippen molar-refractivity contribution < 1.29 is 14.8 Å². The Kier molecular flexibility index (Phi) is 4.22. The van der Waals surface area contributed by atoms with Gasteiger partial charge in [-0.3, -0.25) is 14.9 Å². The Morgan fingerprint density at radius 2 is 2.25 bits per heavy atom. The van der Waals surface area contributed by atoms with Crippen molar-refractivity contribution in [1.82, 2.24) is 5.32 Å². The van der Waals surface area contributed by atoms with E-state index < -0.39 is 22.3 Å². The molecule has 1 atom stereocenters. The molecular weight excluding hydrogens is 260 g/mol. The molecule has 108 valence electrons. The summed E-state index contributed by atoms with van der Waals surface area (Å²) in [6.07, 6.45) is 4.14. The standard InChI is InChI=1S/C14H18N2O4/c1-2-10(8-9-6-7-9)15-14(18)11-4-3-5-12(13(11)17)16(19)20/h3-5,9-10,17H,2,6-8H2,1H3,(H,15,18). The lowest BCUT2D eigenvalue weighted by molar-refractivity contribution is -0.385. The minimum atomic E-state index is -0.701. The highest BCUT2D eigenvalue weighted by Crippen LogP contribution is 2.34. The topological polar surface area (TPSA) is 92.5 Å². The molecule has 1 aliphatic rings. The summed E-state index contributed by atoms with van der Waals surface area (Å²) >= 11 is 0. The number of para-hydroxylation sites is 1. The second kappa shape index (κ2) is 5.90. The molecule has 6 nitrogen and oxygen atoms in total. The fourth-order valence-corrected chi connectivity index (χ4v) is 2.21. The molecule has 2 rings (SSSR count). The van der Waals surface area contributed by atoms with E-state index in [0.29, 0.717) is 5.92 Å². The first-order valence-electron chi connectivity index (χ1n) is 6.80. The highest BCUT2D eigenvalue weighted by molar-refractivity contribution is 5.98. The van der Waals surface area contributed by atoms with Crippen molar-refractivity contribution in [3.8, 4) is 5.75 Å². The molecule has 1 fully saturated rings. The van der Waals surface area contributed by atoms with Crippen molar-refractivity contribution in [1.29, 1.82) is 0 Å². The van der Waals surface area contributed by atoms with Gasteiger partial charge in [-0.15, -0.1) is 0 Å². The second-order valence-electron chi connectivity index (χ2n) is 5.19. The Balaban J connectivity index is 2.11. The summed E-state index contributed by atoms with van der Waals surface area (Å²) in [5.41, 5.74) is -0.499. The summed E-state index contributed by atoms with van der Waals surface area (Å²) in [6.45, 7) is 1.99. The van der Waals surface area contributed by atoms with E-state index in [1.54, 1.807) is 0 Å². The smallest absolute Gasteiger partial charge is 0.311 e. The van der Waals surface area contributed by atoms with Gasteiger partial charge in [0, 0.05) is 12.1 Å². The lowest BCUT2D eigenvalue weighted by Gasteiger charge is -2.17. The predicted molar refractivity (Wildman–Crippen MR) is 73.6 cm³/mol. The van der Waals surface area contributed by atoms with Crippen LogP contribution in [0.3, 0.4) is 0 Å². The van der Waals surface area contributed by atoms with E-state index in [-0.39, 0.29) is 11.6 Å². The maximum atomic E-state index is 12.1. The number of phenolic OH excluding ortho intramolecular Hbond substituents is 1. The summed E-state index contributed by atoms with van der Waals surface area (Å²) in [5.74, 6) is -0.353. The molecule has 1 amide bonds. The Morgan fingerprint density at radius 3 is 2.80 bits per heavy atom. The fourth-order valence-electron chi connectivity index (χ4n) is 2.21. The molecule has 1 unspecified atom stereocenters. The first-order valence-corrected chi connectivity index (χ1v) is 6.80. The summed E-state index contributed by atoms with van der Waals surface area (Å²) in [4.78, 5) is 22.2. The number of carbonyl (C=O) groups is 1. The highest BCUT2D eigenvalue weighted by atomic mass is 16.6. The van der Waals surface area contributed by atoms with Crippen molar-refractivity contribution >= 4 is 11.6 Å². The second-order valence-corrected chi connectivity index (χ2v) is 5.19. The molecule has 20 heavy (non-hydrogen) atoms. The minimum absolute atomic E-state index is 0.0477. The van der Waals surface area contributed by atoms with Gasteiger partial charge < -0.3 is 10.4 Å². The molecule has 0 spiro atoms. The van der Waals surface area contributed by atoms with Crippen molar-refractivity contribution in [3.05, 3.63) is 33.9 Å².